The smallest absolute Gasteiger partial charge is 0.306 e. The number of hydrogen-bond donors (Lipinski definition) is 0. The van der Waals surface area contributed by atoms with Crippen molar-refractivity contribution in [2.75, 3.05) is 13.2 Å². The van der Waals surface area contributed by atoms with Crippen LogP contribution in [0.15, 0.2) is 97.2 Å². The first-order valence-electron chi connectivity index (χ1n) is 35.7. The number of unbranched alkanes of at least 4 members (excludes halogenated alkanes) is 38. The van der Waals surface area contributed by atoms with Gasteiger partial charge in [0, 0.05) is 19.3 Å². The lowest BCUT2D eigenvalue weighted by molar-refractivity contribution is -0.167. The predicted octanol–water partition coefficient (Wildman–Crippen LogP) is 24.8. The summed E-state index contributed by atoms with van der Waals surface area (Å²) in [5.74, 6) is -0.911. The van der Waals surface area contributed by atoms with Crippen LogP contribution in [0.3, 0.4) is 0 Å². The van der Waals surface area contributed by atoms with Crippen LogP contribution in [0.25, 0.3) is 0 Å². The van der Waals surface area contributed by atoms with Crippen LogP contribution in [-0.4, -0.2) is 37.2 Å². The molecule has 6 heteroatoms. The summed E-state index contributed by atoms with van der Waals surface area (Å²) in [6.45, 7) is 6.53. The third kappa shape index (κ3) is 69.0. The summed E-state index contributed by atoms with van der Waals surface area (Å²) in [6.07, 6.45) is 95.7. The Morgan fingerprint density at radius 1 is 0.253 bits per heavy atom. The molecule has 0 aliphatic rings. The maximum atomic E-state index is 13.0. The summed E-state index contributed by atoms with van der Waals surface area (Å²) in [4.78, 5) is 38.5. The zero-order valence-electron chi connectivity index (χ0n) is 54.9. The van der Waals surface area contributed by atoms with Crippen LogP contribution in [0, 0.1) is 0 Å². The van der Waals surface area contributed by atoms with Crippen molar-refractivity contribution in [3.63, 3.8) is 0 Å². The van der Waals surface area contributed by atoms with Gasteiger partial charge in [0.2, 0.25) is 0 Å². The maximum absolute atomic E-state index is 13.0. The van der Waals surface area contributed by atoms with Crippen molar-refractivity contribution >= 4 is 17.9 Å². The average Bonchev–Trinajstić information content (AvgIpc) is 3.49. The van der Waals surface area contributed by atoms with Gasteiger partial charge >= 0.3 is 17.9 Å². The van der Waals surface area contributed by atoms with Crippen LogP contribution in [0.1, 0.15) is 355 Å². The summed E-state index contributed by atoms with van der Waals surface area (Å²) in [7, 11) is 0. The molecule has 0 bridgehead atoms. The SMILES string of the molecule is CC/C=C\C/C=C\C/C=C\C/C=C\C/C=C\CCCCCC(=O)OCC(COC(=O)CCCCCCCCCC/C=C\C/C=C\C/C=C\CCCCCCC)OC(=O)CCCCCCCCCCCCCCCCCCCCCCCCC. The number of rotatable bonds is 65. The summed E-state index contributed by atoms with van der Waals surface area (Å²) in [5.41, 5.74) is 0. The first-order chi connectivity index (χ1) is 41.0. The Morgan fingerprint density at radius 3 is 0.747 bits per heavy atom. The lowest BCUT2D eigenvalue weighted by Crippen LogP contribution is -2.30. The molecule has 0 amide bonds. The molecule has 0 saturated carbocycles. The molecule has 0 radical (unpaired) electrons. The Kier molecular flexibility index (Phi) is 67.7. The van der Waals surface area contributed by atoms with E-state index in [0.29, 0.717) is 19.3 Å². The molecule has 0 saturated heterocycles. The highest BCUT2D eigenvalue weighted by atomic mass is 16.6. The molecule has 83 heavy (non-hydrogen) atoms. The van der Waals surface area contributed by atoms with E-state index in [1.807, 2.05) is 0 Å². The number of esters is 3. The molecule has 0 aromatic carbocycles. The van der Waals surface area contributed by atoms with Gasteiger partial charge in [-0.1, -0.05) is 330 Å². The minimum absolute atomic E-state index is 0.0899. The van der Waals surface area contributed by atoms with Crippen LogP contribution in [0.4, 0.5) is 0 Å². The van der Waals surface area contributed by atoms with E-state index in [1.165, 1.54) is 199 Å². The third-order valence-corrected chi connectivity index (χ3v) is 15.6. The Balaban J connectivity index is 4.41. The van der Waals surface area contributed by atoms with Crippen molar-refractivity contribution in [3.05, 3.63) is 97.2 Å². The molecular formula is C77H134O6. The van der Waals surface area contributed by atoms with Crippen molar-refractivity contribution in [3.8, 4) is 0 Å². The fraction of sp³-hybridized carbons (Fsp3) is 0.753. The molecule has 0 aliphatic heterocycles. The van der Waals surface area contributed by atoms with E-state index in [0.717, 1.165) is 116 Å². The monoisotopic (exact) mass is 1160 g/mol. The Labute approximate surface area is 515 Å². The van der Waals surface area contributed by atoms with Crippen molar-refractivity contribution in [2.24, 2.45) is 0 Å². The largest absolute Gasteiger partial charge is 0.462 e. The molecule has 0 fully saturated rings. The quantitative estimate of drug-likeness (QED) is 0.0261. The second kappa shape index (κ2) is 70.8. The van der Waals surface area contributed by atoms with Gasteiger partial charge in [0.05, 0.1) is 0 Å². The lowest BCUT2D eigenvalue weighted by atomic mass is 10.0. The van der Waals surface area contributed by atoms with Crippen LogP contribution in [0.2, 0.25) is 0 Å². The number of hydrogen-bond acceptors (Lipinski definition) is 6. The normalized spacial score (nSPS) is 12.7. The minimum Gasteiger partial charge on any atom is -0.462 e. The van der Waals surface area contributed by atoms with Crippen molar-refractivity contribution < 1.29 is 28.6 Å². The Bertz CT molecular complexity index is 1610. The van der Waals surface area contributed by atoms with Gasteiger partial charge in [-0.05, 0) is 103 Å². The molecule has 0 rings (SSSR count). The number of carbonyl (C=O) groups excluding carboxylic acids is 3. The van der Waals surface area contributed by atoms with Gasteiger partial charge < -0.3 is 14.2 Å². The van der Waals surface area contributed by atoms with Crippen LogP contribution in [-0.2, 0) is 28.6 Å². The topological polar surface area (TPSA) is 78.9 Å². The van der Waals surface area contributed by atoms with Gasteiger partial charge in [-0.25, -0.2) is 0 Å². The van der Waals surface area contributed by atoms with Crippen molar-refractivity contribution in [2.45, 2.75) is 361 Å². The van der Waals surface area contributed by atoms with Gasteiger partial charge in [0.25, 0.3) is 0 Å². The van der Waals surface area contributed by atoms with Gasteiger partial charge in [-0.15, -0.1) is 0 Å². The van der Waals surface area contributed by atoms with E-state index in [4.69, 9.17) is 14.2 Å². The van der Waals surface area contributed by atoms with Gasteiger partial charge in [0.1, 0.15) is 13.2 Å². The Morgan fingerprint density at radius 2 is 0.470 bits per heavy atom. The van der Waals surface area contributed by atoms with E-state index in [-0.39, 0.29) is 31.1 Å². The highest BCUT2D eigenvalue weighted by Gasteiger charge is 2.19. The van der Waals surface area contributed by atoms with E-state index in [9.17, 15) is 14.4 Å². The molecular weight excluding hydrogens is 1020 g/mol. The first-order valence-corrected chi connectivity index (χ1v) is 35.7. The van der Waals surface area contributed by atoms with E-state index >= 15 is 0 Å². The Hall–Kier alpha value is -3.67. The molecule has 1 atom stereocenters. The summed E-state index contributed by atoms with van der Waals surface area (Å²) >= 11 is 0. The number of ether oxygens (including phenoxy) is 3. The third-order valence-electron chi connectivity index (χ3n) is 15.6. The summed E-state index contributed by atoms with van der Waals surface area (Å²) in [5, 5.41) is 0. The molecule has 1 unspecified atom stereocenters. The standard InChI is InChI=1S/C77H134O6/c1-4-7-10-13-16-19-22-25-28-31-34-36-38-40-43-46-49-52-55-58-61-64-67-70-76(79)82-73-74(72-81-75(78)69-66-63-60-57-54-51-48-45-42-33-30-27-24-21-18-15-12-9-6-3)83-77(80)71-68-65-62-59-56-53-50-47-44-41-39-37-35-32-29-26-23-20-17-14-11-8-5-2/h9,12,18,21-22,25,27,30-31,34,38,40,42,45,51,54,74H,4-8,10-11,13-17,19-20,23-24,26,28-29,32-33,35-37,39,41,43-44,46-50,52-53,55-73H2,1-3H3/b12-9-,21-18-,25-22-,30-27-,34-31-,40-38-,45-42-,54-51-. The van der Waals surface area contributed by atoms with E-state index in [2.05, 4.69) is 118 Å². The molecule has 0 heterocycles. The molecule has 0 spiro atoms. The van der Waals surface area contributed by atoms with Gasteiger partial charge in [-0.3, -0.25) is 14.4 Å². The van der Waals surface area contributed by atoms with Gasteiger partial charge in [0.15, 0.2) is 6.10 Å². The maximum Gasteiger partial charge on any atom is 0.306 e. The van der Waals surface area contributed by atoms with E-state index < -0.39 is 6.10 Å². The fourth-order valence-electron chi connectivity index (χ4n) is 10.2. The summed E-state index contributed by atoms with van der Waals surface area (Å²) < 4.78 is 17.0. The molecule has 0 aromatic rings. The second-order valence-corrected chi connectivity index (χ2v) is 23.8. The highest BCUT2D eigenvalue weighted by Crippen LogP contribution is 2.18. The van der Waals surface area contributed by atoms with Crippen molar-refractivity contribution in [1.29, 1.82) is 0 Å². The zero-order chi connectivity index (χ0) is 59.9. The first kappa shape index (κ1) is 79.3. The van der Waals surface area contributed by atoms with E-state index in [1.54, 1.807) is 0 Å². The average molecular weight is 1160 g/mol. The van der Waals surface area contributed by atoms with Crippen LogP contribution < -0.4 is 0 Å². The molecule has 6 nitrogen and oxygen atoms in total. The highest BCUT2D eigenvalue weighted by molar-refractivity contribution is 5.71. The zero-order valence-corrected chi connectivity index (χ0v) is 54.9. The minimum atomic E-state index is -0.797. The number of allylic oxidation sites excluding steroid dienone is 16. The molecule has 0 aliphatic carbocycles. The fourth-order valence-corrected chi connectivity index (χ4v) is 10.2. The van der Waals surface area contributed by atoms with Crippen LogP contribution in [0.5, 0.6) is 0 Å². The van der Waals surface area contributed by atoms with Crippen molar-refractivity contribution in [1.82, 2.24) is 0 Å². The lowest BCUT2D eigenvalue weighted by Gasteiger charge is -2.18. The van der Waals surface area contributed by atoms with Gasteiger partial charge in [-0.2, -0.15) is 0 Å². The predicted molar refractivity (Wildman–Crippen MR) is 362 cm³/mol. The molecule has 0 aromatic heterocycles. The number of carbonyl (C=O) groups is 3. The molecule has 478 valence electrons. The second-order valence-electron chi connectivity index (χ2n) is 23.8. The molecule has 0 N–H and O–H groups in total. The van der Waals surface area contributed by atoms with Crippen LogP contribution >= 0.6 is 0 Å². The summed E-state index contributed by atoms with van der Waals surface area (Å²) in [6, 6.07) is 0.